The highest BCUT2D eigenvalue weighted by atomic mass is 16.7. The van der Waals surface area contributed by atoms with Crippen molar-refractivity contribution in [3.8, 4) is 17.2 Å². The number of hydrogen-bond donors (Lipinski definition) is 1. The van der Waals surface area contributed by atoms with Crippen LogP contribution in [0.4, 0.5) is 0 Å². The van der Waals surface area contributed by atoms with Crippen molar-refractivity contribution in [2.75, 3.05) is 27.1 Å². The lowest BCUT2D eigenvalue weighted by Gasteiger charge is -2.11. The molecule has 0 aromatic heterocycles. The number of hydrogen-bond acceptors (Lipinski definition) is 7. The molecule has 29 heavy (non-hydrogen) atoms. The second-order valence-electron chi connectivity index (χ2n) is 6.20. The Kier molecular flexibility index (Phi) is 6.91. The largest absolute Gasteiger partial charge is 0.496 e. The third kappa shape index (κ3) is 5.39. The zero-order valence-corrected chi connectivity index (χ0v) is 16.4. The highest BCUT2D eigenvalue weighted by Crippen LogP contribution is 2.32. The fraction of sp³-hybridized carbons (Fsp3) is 0.333. The predicted molar refractivity (Wildman–Crippen MR) is 103 cm³/mol. The summed E-state index contributed by atoms with van der Waals surface area (Å²) in [4.78, 5) is 24.3. The maximum atomic E-state index is 12.3. The summed E-state index contributed by atoms with van der Waals surface area (Å²) in [5.74, 6) is 0.946. The average Bonchev–Trinajstić information content (AvgIpc) is 3.22. The van der Waals surface area contributed by atoms with Gasteiger partial charge in [0, 0.05) is 18.7 Å². The molecular weight excluding hydrogens is 378 g/mol. The molecule has 0 atom stereocenters. The molecule has 0 saturated carbocycles. The van der Waals surface area contributed by atoms with Crippen LogP contribution in [0.2, 0.25) is 0 Å². The van der Waals surface area contributed by atoms with Gasteiger partial charge in [0.1, 0.15) is 5.75 Å². The topological polar surface area (TPSA) is 92.3 Å². The van der Waals surface area contributed by atoms with Crippen LogP contribution < -0.4 is 19.5 Å². The molecule has 1 N–H and O–H groups in total. The number of rotatable bonds is 9. The summed E-state index contributed by atoms with van der Waals surface area (Å²) in [6, 6.07) is 10.3. The van der Waals surface area contributed by atoms with Gasteiger partial charge >= 0.3 is 5.97 Å². The van der Waals surface area contributed by atoms with E-state index in [0.29, 0.717) is 36.0 Å². The minimum atomic E-state index is -0.594. The molecule has 2 aromatic carbocycles. The van der Waals surface area contributed by atoms with E-state index in [9.17, 15) is 9.59 Å². The summed E-state index contributed by atoms with van der Waals surface area (Å²) < 4.78 is 26.3. The minimum absolute atomic E-state index is 0.193. The van der Waals surface area contributed by atoms with Crippen molar-refractivity contribution in [3.05, 3.63) is 53.1 Å². The Morgan fingerprint density at radius 3 is 2.72 bits per heavy atom. The van der Waals surface area contributed by atoms with Gasteiger partial charge < -0.3 is 29.0 Å². The summed E-state index contributed by atoms with van der Waals surface area (Å²) in [6.07, 6.45) is 0. The molecule has 0 aliphatic carbocycles. The lowest BCUT2D eigenvalue weighted by Crippen LogP contribution is -2.28. The minimum Gasteiger partial charge on any atom is -0.496 e. The van der Waals surface area contributed by atoms with Gasteiger partial charge in [0.05, 0.1) is 19.3 Å². The van der Waals surface area contributed by atoms with Crippen LogP contribution in [0.25, 0.3) is 0 Å². The van der Waals surface area contributed by atoms with E-state index in [-0.39, 0.29) is 19.9 Å². The predicted octanol–water partition coefficient (Wildman–Crippen LogP) is 2.43. The van der Waals surface area contributed by atoms with Crippen LogP contribution in [0.5, 0.6) is 17.2 Å². The molecule has 1 amide bonds. The fourth-order valence-corrected chi connectivity index (χ4v) is 2.75. The van der Waals surface area contributed by atoms with Crippen LogP contribution in [-0.4, -0.2) is 39.0 Å². The Labute approximate surface area is 168 Å². The number of benzene rings is 2. The van der Waals surface area contributed by atoms with Gasteiger partial charge in [-0.15, -0.1) is 0 Å². The van der Waals surface area contributed by atoms with Crippen molar-refractivity contribution in [3.63, 3.8) is 0 Å². The molecule has 0 fully saturated rings. The molecule has 1 aliphatic heterocycles. The standard InChI is InChI=1S/C21H23NO7/c1-3-26-11-16-9-15(5-7-17(16)25-2)21(24)27-12-20(23)22-10-14-4-6-18-19(8-14)29-13-28-18/h4-9H,3,10-13H2,1-2H3,(H,22,23). The summed E-state index contributed by atoms with van der Waals surface area (Å²) in [5, 5.41) is 2.70. The first kappa shape index (κ1) is 20.5. The normalized spacial score (nSPS) is 11.8. The molecule has 3 rings (SSSR count). The Hall–Kier alpha value is -3.26. The van der Waals surface area contributed by atoms with Crippen LogP contribution in [0.15, 0.2) is 36.4 Å². The molecule has 1 heterocycles. The van der Waals surface area contributed by atoms with Gasteiger partial charge in [-0.05, 0) is 42.8 Å². The van der Waals surface area contributed by atoms with Gasteiger partial charge in [0.2, 0.25) is 6.79 Å². The van der Waals surface area contributed by atoms with E-state index in [1.165, 1.54) is 0 Å². The third-order valence-electron chi connectivity index (χ3n) is 4.24. The molecular formula is C21H23NO7. The number of esters is 1. The quantitative estimate of drug-likeness (QED) is 0.645. The van der Waals surface area contributed by atoms with E-state index < -0.39 is 11.9 Å². The number of ether oxygens (including phenoxy) is 5. The van der Waals surface area contributed by atoms with Crippen molar-refractivity contribution in [1.29, 1.82) is 0 Å². The summed E-state index contributed by atoms with van der Waals surface area (Å²) in [7, 11) is 1.55. The number of carbonyl (C=O) groups is 2. The van der Waals surface area contributed by atoms with E-state index in [1.807, 2.05) is 13.0 Å². The highest BCUT2D eigenvalue weighted by molar-refractivity contribution is 5.91. The monoisotopic (exact) mass is 401 g/mol. The van der Waals surface area contributed by atoms with Crippen LogP contribution in [0.3, 0.4) is 0 Å². The van der Waals surface area contributed by atoms with Crippen molar-refractivity contribution < 1.29 is 33.3 Å². The summed E-state index contributed by atoms with van der Waals surface area (Å²) in [5.41, 5.74) is 1.91. The van der Waals surface area contributed by atoms with Crippen molar-refractivity contribution in [2.24, 2.45) is 0 Å². The first-order valence-corrected chi connectivity index (χ1v) is 9.17. The van der Waals surface area contributed by atoms with Gasteiger partial charge in [0.25, 0.3) is 5.91 Å². The van der Waals surface area contributed by atoms with Gasteiger partial charge in [0.15, 0.2) is 18.1 Å². The molecule has 8 nitrogen and oxygen atoms in total. The van der Waals surface area contributed by atoms with Crippen LogP contribution in [0.1, 0.15) is 28.4 Å². The fourth-order valence-electron chi connectivity index (χ4n) is 2.75. The van der Waals surface area contributed by atoms with Crippen LogP contribution >= 0.6 is 0 Å². The molecule has 1 aliphatic rings. The molecule has 8 heteroatoms. The van der Waals surface area contributed by atoms with E-state index in [4.69, 9.17) is 23.7 Å². The van der Waals surface area contributed by atoms with Crippen molar-refractivity contribution >= 4 is 11.9 Å². The lowest BCUT2D eigenvalue weighted by molar-refractivity contribution is -0.124. The highest BCUT2D eigenvalue weighted by Gasteiger charge is 2.15. The van der Waals surface area contributed by atoms with Crippen molar-refractivity contribution in [2.45, 2.75) is 20.1 Å². The van der Waals surface area contributed by atoms with Gasteiger partial charge in [-0.1, -0.05) is 6.07 Å². The lowest BCUT2D eigenvalue weighted by atomic mass is 10.1. The van der Waals surface area contributed by atoms with Crippen molar-refractivity contribution in [1.82, 2.24) is 5.32 Å². The van der Waals surface area contributed by atoms with E-state index in [2.05, 4.69) is 5.32 Å². The number of methoxy groups -OCH3 is 1. The van der Waals surface area contributed by atoms with E-state index in [0.717, 1.165) is 11.1 Å². The zero-order chi connectivity index (χ0) is 20.6. The Morgan fingerprint density at radius 2 is 1.93 bits per heavy atom. The molecule has 154 valence electrons. The molecule has 0 spiro atoms. The Balaban J connectivity index is 1.50. The Bertz CT molecular complexity index is 881. The molecule has 0 radical (unpaired) electrons. The smallest absolute Gasteiger partial charge is 0.338 e. The maximum Gasteiger partial charge on any atom is 0.338 e. The molecule has 2 aromatic rings. The molecule has 0 saturated heterocycles. The SMILES string of the molecule is CCOCc1cc(C(=O)OCC(=O)NCc2ccc3c(c2)OCO3)ccc1OC. The number of nitrogens with one attached hydrogen (secondary N) is 1. The first-order valence-electron chi connectivity index (χ1n) is 9.17. The number of fused-ring (bicyclic) bond motifs is 1. The molecule has 0 unspecified atom stereocenters. The maximum absolute atomic E-state index is 12.3. The molecule has 0 bridgehead atoms. The van der Waals surface area contributed by atoms with E-state index >= 15 is 0 Å². The second-order valence-corrected chi connectivity index (χ2v) is 6.20. The van der Waals surface area contributed by atoms with E-state index in [1.54, 1.807) is 37.4 Å². The number of carbonyl (C=O) groups excluding carboxylic acids is 2. The Morgan fingerprint density at radius 1 is 1.10 bits per heavy atom. The van der Waals surface area contributed by atoms with Crippen LogP contribution in [0, 0.1) is 0 Å². The average molecular weight is 401 g/mol. The summed E-state index contributed by atoms with van der Waals surface area (Å²) >= 11 is 0. The van der Waals surface area contributed by atoms with Gasteiger partial charge in [-0.25, -0.2) is 4.79 Å². The van der Waals surface area contributed by atoms with Gasteiger partial charge in [-0.2, -0.15) is 0 Å². The summed E-state index contributed by atoms with van der Waals surface area (Å²) in [6.45, 7) is 2.84. The first-order chi connectivity index (χ1) is 14.1. The van der Waals surface area contributed by atoms with Gasteiger partial charge in [-0.3, -0.25) is 4.79 Å². The zero-order valence-electron chi connectivity index (χ0n) is 16.4. The van der Waals surface area contributed by atoms with Crippen LogP contribution in [-0.2, 0) is 27.4 Å². The number of amides is 1. The third-order valence-corrected chi connectivity index (χ3v) is 4.24. The second kappa shape index (κ2) is 9.79.